The Labute approximate surface area is 133 Å². The number of fused-ring (bicyclic) bond motifs is 1. The molecule has 0 spiro atoms. The van der Waals surface area contributed by atoms with Gasteiger partial charge in [-0.3, -0.25) is 14.9 Å². The minimum atomic E-state index is -0.420. The number of carbonyl (C=O) groups is 1. The minimum Gasteiger partial charge on any atom is -0.311 e. The third kappa shape index (κ3) is 2.64. The lowest BCUT2D eigenvalue weighted by molar-refractivity contribution is -0.385. The number of likely N-dealkylation sites (N-methyl/N-ethyl adjacent to an activating group) is 1. The highest BCUT2D eigenvalue weighted by atomic mass is 16.6. The van der Waals surface area contributed by atoms with E-state index in [1.54, 1.807) is 48.4 Å². The maximum absolute atomic E-state index is 12.3. The van der Waals surface area contributed by atoms with Crippen LogP contribution in [0.25, 0.3) is 11.6 Å². The highest BCUT2D eigenvalue weighted by molar-refractivity contribution is 6.32. The second-order valence-corrected chi connectivity index (χ2v) is 5.14. The summed E-state index contributed by atoms with van der Waals surface area (Å²) in [5.41, 5.74) is 2.85. The summed E-state index contributed by atoms with van der Waals surface area (Å²) in [5.74, 6) is -0.0848. The van der Waals surface area contributed by atoms with Crippen LogP contribution in [-0.2, 0) is 4.79 Å². The van der Waals surface area contributed by atoms with Crippen molar-refractivity contribution in [1.29, 1.82) is 0 Å². The predicted molar refractivity (Wildman–Crippen MR) is 90.0 cm³/mol. The molecule has 1 aliphatic heterocycles. The molecule has 114 valence electrons. The van der Waals surface area contributed by atoms with Crippen LogP contribution in [0.4, 0.5) is 11.4 Å². The maximum Gasteiger partial charge on any atom is 0.276 e. The molecule has 0 bridgehead atoms. The predicted octanol–water partition coefficient (Wildman–Crippen LogP) is 3.67. The van der Waals surface area contributed by atoms with Gasteiger partial charge in [-0.25, -0.2) is 0 Å². The Balaban J connectivity index is 1.95. The minimum absolute atomic E-state index is 0.0393. The molecule has 0 aliphatic carbocycles. The Bertz CT molecular complexity index is 853. The Hall–Kier alpha value is -3.21. The molecule has 23 heavy (non-hydrogen) atoms. The number of amides is 1. The average molecular weight is 306 g/mol. The average Bonchev–Trinajstić information content (AvgIpc) is 2.80. The van der Waals surface area contributed by atoms with Crippen LogP contribution in [0.5, 0.6) is 0 Å². The second kappa shape index (κ2) is 5.88. The van der Waals surface area contributed by atoms with Gasteiger partial charge in [0.2, 0.25) is 0 Å². The van der Waals surface area contributed by atoms with Crippen molar-refractivity contribution in [3.05, 3.63) is 81.9 Å². The molecule has 0 saturated heterocycles. The topological polar surface area (TPSA) is 63.5 Å². The summed E-state index contributed by atoms with van der Waals surface area (Å²) < 4.78 is 0. The summed E-state index contributed by atoms with van der Waals surface area (Å²) in [6.07, 6.45) is 5.01. The molecule has 2 aromatic carbocycles. The molecule has 1 aliphatic rings. The molecule has 5 heteroatoms. The van der Waals surface area contributed by atoms with Crippen LogP contribution in [0.3, 0.4) is 0 Å². The summed E-state index contributed by atoms with van der Waals surface area (Å²) in [4.78, 5) is 24.5. The number of carbonyl (C=O) groups excluding carboxylic acids is 1. The molecule has 0 saturated carbocycles. The molecule has 0 aromatic heterocycles. The van der Waals surface area contributed by atoms with E-state index >= 15 is 0 Å². The standard InChI is InChI=1S/C18H14N2O3/c1-19-17-12-5-3-9-14(17)15(18(19)21)10-6-8-13-7-2-4-11-16(13)20(22)23/h2-12H,1H3/b8-6+,15-10-. The summed E-state index contributed by atoms with van der Waals surface area (Å²) in [7, 11) is 1.73. The number of nitro groups is 1. The number of hydrogen-bond donors (Lipinski definition) is 0. The summed E-state index contributed by atoms with van der Waals surface area (Å²) >= 11 is 0. The SMILES string of the molecule is CN1C(=O)/C(=C\C=C\c2ccccc2[N+](=O)[O-])c2ccccc21. The van der Waals surface area contributed by atoms with Crippen LogP contribution >= 0.6 is 0 Å². The molecular formula is C18H14N2O3. The van der Waals surface area contributed by atoms with Crippen molar-refractivity contribution < 1.29 is 9.72 Å². The quantitative estimate of drug-likeness (QED) is 0.494. The van der Waals surface area contributed by atoms with Gasteiger partial charge in [0, 0.05) is 24.3 Å². The van der Waals surface area contributed by atoms with E-state index in [9.17, 15) is 14.9 Å². The van der Waals surface area contributed by atoms with Crippen molar-refractivity contribution in [2.24, 2.45) is 0 Å². The first-order chi connectivity index (χ1) is 11.1. The van der Waals surface area contributed by atoms with E-state index in [0.29, 0.717) is 11.1 Å². The molecule has 0 atom stereocenters. The van der Waals surface area contributed by atoms with E-state index in [0.717, 1.165) is 11.3 Å². The number of benzene rings is 2. The lowest BCUT2D eigenvalue weighted by Crippen LogP contribution is -2.20. The Kier molecular flexibility index (Phi) is 3.76. The van der Waals surface area contributed by atoms with Crippen LogP contribution in [0.15, 0.2) is 60.7 Å². The lowest BCUT2D eigenvalue weighted by atomic mass is 10.1. The van der Waals surface area contributed by atoms with E-state index in [-0.39, 0.29) is 11.6 Å². The molecule has 0 unspecified atom stereocenters. The van der Waals surface area contributed by atoms with Crippen molar-refractivity contribution in [3.8, 4) is 0 Å². The van der Waals surface area contributed by atoms with E-state index < -0.39 is 4.92 Å². The zero-order valence-electron chi connectivity index (χ0n) is 12.5. The summed E-state index contributed by atoms with van der Waals surface area (Å²) in [5, 5.41) is 11.0. The first kappa shape index (κ1) is 14.7. The molecule has 1 amide bonds. The number of hydrogen-bond acceptors (Lipinski definition) is 3. The zero-order chi connectivity index (χ0) is 16.4. The van der Waals surface area contributed by atoms with Gasteiger partial charge in [-0.1, -0.05) is 36.4 Å². The van der Waals surface area contributed by atoms with Crippen molar-refractivity contribution in [2.75, 3.05) is 11.9 Å². The maximum atomic E-state index is 12.3. The second-order valence-electron chi connectivity index (χ2n) is 5.14. The van der Waals surface area contributed by atoms with Crippen LogP contribution in [0, 0.1) is 10.1 Å². The zero-order valence-corrected chi connectivity index (χ0v) is 12.5. The number of para-hydroxylation sites is 2. The number of anilines is 1. The van der Waals surface area contributed by atoms with Crippen LogP contribution in [0.1, 0.15) is 11.1 Å². The molecule has 0 fully saturated rings. The van der Waals surface area contributed by atoms with Crippen molar-refractivity contribution >= 4 is 28.9 Å². The third-order valence-corrected chi connectivity index (χ3v) is 3.76. The Morgan fingerprint density at radius 1 is 1.09 bits per heavy atom. The smallest absolute Gasteiger partial charge is 0.276 e. The van der Waals surface area contributed by atoms with Gasteiger partial charge in [0.15, 0.2) is 0 Å². The van der Waals surface area contributed by atoms with Gasteiger partial charge >= 0.3 is 0 Å². The van der Waals surface area contributed by atoms with Crippen molar-refractivity contribution in [3.63, 3.8) is 0 Å². The van der Waals surface area contributed by atoms with Gasteiger partial charge in [-0.05, 0) is 24.3 Å². The monoisotopic (exact) mass is 306 g/mol. The fourth-order valence-electron chi connectivity index (χ4n) is 2.60. The largest absolute Gasteiger partial charge is 0.311 e. The molecule has 1 heterocycles. The summed E-state index contributed by atoms with van der Waals surface area (Å²) in [6, 6.07) is 14.0. The molecule has 3 rings (SSSR count). The fraction of sp³-hybridized carbons (Fsp3) is 0.0556. The van der Waals surface area contributed by atoms with Gasteiger partial charge in [0.1, 0.15) is 0 Å². The first-order valence-corrected chi connectivity index (χ1v) is 7.09. The molecular weight excluding hydrogens is 292 g/mol. The summed E-state index contributed by atoms with van der Waals surface area (Å²) in [6.45, 7) is 0. The van der Waals surface area contributed by atoms with Crippen LogP contribution in [-0.4, -0.2) is 17.9 Å². The van der Waals surface area contributed by atoms with Gasteiger partial charge < -0.3 is 4.90 Å². The molecule has 5 nitrogen and oxygen atoms in total. The van der Waals surface area contributed by atoms with Crippen LogP contribution in [0.2, 0.25) is 0 Å². The number of rotatable bonds is 3. The van der Waals surface area contributed by atoms with Crippen LogP contribution < -0.4 is 4.90 Å². The van der Waals surface area contributed by atoms with Gasteiger partial charge in [-0.15, -0.1) is 0 Å². The Morgan fingerprint density at radius 3 is 2.57 bits per heavy atom. The third-order valence-electron chi connectivity index (χ3n) is 3.76. The molecule has 2 aromatic rings. The Morgan fingerprint density at radius 2 is 1.78 bits per heavy atom. The van der Waals surface area contributed by atoms with Crippen molar-refractivity contribution in [1.82, 2.24) is 0 Å². The molecule has 0 N–H and O–H groups in total. The fourth-order valence-corrected chi connectivity index (χ4v) is 2.60. The normalized spacial score (nSPS) is 15.4. The van der Waals surface area contributed by atoms with E-state index in [1.807, 2.05) is 24.3 Å². The van der Waals surface area contributed by atoms with E-state index in [1.165, 1.54) is 6.07 Å². The van der Waals surface area contributed by atoms with E-state index in [4.69, 9.17) is 0 Å². The number of nitro benzene ring substituents is 1. The lowest BCUT2D eigenvalue weighted by Gasteiger charge is -2.07. The van der Waals surface area contributed by atoms with Gasteiger partial charge in [0.05, 0.1) is 16.2 Å². The van der Waals surface area contributed by atoms with E-state index in [2.05, 4.69) is 0 Å². The highest BCUT2D eigenvalue weighted by Gasteiger charge is 2.28. The molecule has 0 radical (unpaired) electrons. The van der Waals surface area contributed by atoms with Gasteiger partial charge in [-0.2, -0.15) is 0 Å². The first-order valence-electron chi connectivity index (χ1n) is 7.09. The highest BCUT2D eigenvalue weighted by Crippen LogP contribution is 2.35. The van der Waals surface area contributed by atoms with Gasteiger partial charge in [0.25, 0.3) is 11.6 Å². The van der Waals surface area contributed by atoms with Crippen molar-refractivity contribution in [2.45, 2.75) is 0 Å². The number of allylic oxidation sites excluding steroid dienone is 2. The number of nitrogens with zero attached hydrogens (tertiary/aromatic N) is 2.